The number of hydrogen-bond donors (Lipinski definition) is 0. The third-order valence-corrected chi connectivity index (χ3v) is 4.85. The van der Waals surface area contributed by atoms with Crippen LogP contribution in [-0.4, -0.2) is 29.8 Å². The van der Waals surface area contributed by atoms with Crippen LogP contribution in [0.1, 0.15) is 37.6 Å². The molecule has 0 saturated carbocycles. The fourth-order valence-electron chi connectivity index (χ4n) is 3.03. The number of ketones is 1. The molecule has 4 heteroatoms. The molecule has 20 heavy (non-hydrogen) atoms. The minimum absolute atomic E-state index is 0.0693. The number of rotatable bonds is 3. The second kappa shape index (κ2) is 6.46. The van der Waals surface area contributed by atoms with Crippen LogP contribution >= 0.6 is 23.2 Å². The lowest BCUT2D eigenvalue weighted by molar-refractivity contribution is 0.0650. The van der Waals surface area contributed by atoms with Crippen LogP contribution < -0.4 is 0 Å². The van der Waals surface area contributed by atoms with Crippen molar-refractivity contribution in [2.24, 2.45) is 11.8 Å². The normalized spacial score (nSPS) is 27.6. The molecule has 0 spiro atoms. The van der Waals surface area contributed by atoms with E-state index in [2.05, 4.69) is 25.7 Å². The standard InChI is InChI=1S/C16H21Cl2NO/c1-10-6-11(2)12(3)19(8-10)9-16(20)14-5-4-13(17)7-15(14)18/h4-5,7,10-12H,6,8-9H2,1-3H3. The molecule has 2 rings (SSSR count). The Balaban J connectivity index is 2.10. The smallest absolute Gasteiger partial charge is 0.178 e. The van der Waals surface area contributed by atoms with Crippen LogP contribution in [0.2, 0.25) is 10.0 Å². The van der Waals surface area contributed by atoms with Gasteiger partial charge in [-0.3, -0.25) is 9.69 Å². The molecule has 3 unspecified atom stereocenters. The SMILES string of the molecule is CC1CC(C)C(C)N(CC(=O)c2ccc(Cl)cc2Cl)C1. The van der Waals surface area contributed by atoms with E-state index in [0.717, 1.165) is 6.54 Å². The Morgan fingerprint density at radius 3 is 2.65 bits per heavy atom. The molecule has 1 aromatic rings. The van der Waals surface area contributed by atoms with Crippen molar-refractivity contribution in [3.8, 4) is 0 Å². The third kappa shape index (κ3) is 3.55. The molecule has 0 aromatic heterocycles. The van der Waals surface area contributed by atoms with Gasteiger partial charge in [-0.2, -0.15) is 0 Å². The van der Waals surface area contributed by atoms with Crippen LogP contribution in [0.25, 0.3) is 0 Å². The highest BCUT2D eigenvalue weighted by molar-refractivity contribution is 6.36. The van der Waals surface area contributed by atoms with Crippen LogP contribution in [0.5, 0.6) is 0 Å². The number of Topliss-reactive ketones (excluding diaryl/α,β-unsaturated/α-hetero) is 1. The first-order valence-electron chi connectivity index (χ1n) is 7.10. The van der Waals surface area contributed by atoms with Crippen molar-refractivity contribution in [1.29, 1.82) is 0 Å². The van der Waals surface area contributed by atoms with E-state index in [1.165, 1.54) is 6.42 Å². The number of carbonyl (C=O) groups is 1. The quantitative estimate of drug-likeness (QED) is 0.763. The molecule has 1 fully saturated rings. The zero-order chi connectivity index (χ0) is 14.9. The topological polar surface area (TPSA) is 20.3 Å². The largest absolute Gasteiger partial charge is 0.293 e. The Morgan fingerprint density at radius 2 is 2.00 bits per heavy atom. The first kappa shape index (κ1) is 15.8. The van der Waals surface area contributed by atoms with Crippen molar-refractivity contribution < 1.29 is 4.79 Å². The average Bonchev–Trinajstić information content (AvgIpc) is 2.35. The summed E-state index contributed by atoms with van der Waals surface area (Å²) < 4.78 is 0. The summed E-state index contributed by atoms with van der Waals surface area (Å²) in [5.41, 5.74) is 0.564. The van der Waals surface area contributed by atoms with Gasteiger partial charge in [0.2, 0.25) is 0 Å². The second-order valence-electron chi connectivity index (χ2n) is 6.04. The number of carbonyl (C=O) groups excluding carboxylic acids is 1. The maximum atomic E-state index is 12.4. The minimum Gasteiger partial charge on any atom is -0.293 e. The van der Waals surface area contributed by atoms with E-state index >= 15 is 0 Å². The molecule has 110 valence electrons. The number of likely N-dealkylation sites (tertiary alicyclic amines) is 1. The molecule has 0 bridgehead atoms. The summed E-state index contributed by atoms with van der Waals surface area (Å²) in [5.74, 6) is 1.32. The van der Waals surface area contributed by atoms with Crippen LogP contribution in [-0.2, 0) is 0 Å². The zero-order valence-electron chi connectivity index (χ0n) is 12.2. The van der Waals surface area contributed by atoms with Crippen molar-refractivity contribution in [3.63, 3.8) is 0 Å². The summed E-state index contributed by atoms with van der Waals surface area (Å²) in [6.45, 7) is 8.11. The highest BCUT2D eigenvalue weighted by Crippen LogP contribution is 2.28. The van der Waals surface area contributed by atoms with Crippen molar-refractivity contribution in [3.05, 3.63) is 33.8 Å². The van der Waals surface area contributed by atoms with Crippen LogP contribution in [0.3, 0.4) is 0 Å². The Kier molecular flexibility index (Phi) is 5.11. The predicted octanol–water partition coefficient (Wildman–Crippen LogP) is 4.54. The predicted molar refractivity (Wildman–Crippen MR) is 84.8 cm³/mol. The van der Waals surface area contributed by atoms with E-state index in [1.54, 1.807) is 18.2 Å². The zero-order valence-corrected chi connectivity index (χ0v) is 13.7. The molecule has 3 atom stereocenters. The fourth-order valence-corrected chi connectivity index (χ4v) is 3.54. The van der Waals surface area contributed by atoms with Crippen molar-refractivity contribution in [2.75, 3.05) is 13.1 Å². The van der Waals surface area contributed by atoms with Gasteiger partial charge < -0.3 is 0 Å². The lowest BCUT2D eigenvalue weighted by atomic mass is 9.86. The number of hydrogen-bond acceptors (Lipinski definition) is 2. The van der Waals surface area contributed by atoms with E-state index in [4.69, 9.17) is 23.2 Å². The van der Waals surface area contributed by atoms with E-state index in [1.807, 2.05) is 0 Å². The number of halogens is 2. The molecular weight excluding hydrogens is 293 g/mol. The molecule has 0 aliphatic carbocycles. The molecule has 0 N–H and O–H groups in total. The van der Waals surface area contributed by atoms with Gasteiger partial charge in [0, 0.05) is 23.2 Å². The molecule has 1 aliphatic rings. The van der Waals surface area contributed by atoms with E-state index in [9.17, 15) is 4.79 Å². The minimum atomic E-state index is 0.0693. The molecule has 2 nitrogen and oxygen atoms in total. The van der Waals surface area contributed by atoms with Gasteiger partial charge in [-0.25, -0.2) is 0 Å². The maximum absolute atomic E-state index is 12.4. The number of piperidine rings is 1. The van der Waals surface area contributed by atoms with Crippen molar-refractivity contribution in [1.82, 2.24) is 4.90 Å². The van der Waals surface area contributed by atoms with Gasteiger partial charge in [0.15, 0.2) is 5.78 Å². The number of benzene rings is 1. The van der Waals surface area contributed by atoms with Crippen LogP contribution in [0.4, 0.5) is 0 Å². The first-order valence-corrected chi connectivity index (χ1v) is 7.86. The van der Waals surface area contributed by atoms with Crippen molar-refractivity contribution in [2.45, 2.75) is 33.2 Å². The van der Waals surface area contributed by atoms with Gasteiger partial charge >= 0.3 is 0 Å². The highest BCUT2D eigenvalue weighted by Gasteiger charge is 2.30. The summed E-state index contributed by atoms with van der Waals surface area (Å²) in [6, 6.07) is 5.49. The van der Waals surface area contributed by atoms with Crippen LogP contribution in [0.15, 0.2) is 18.2 Å². The van der Waals surface area contributed by atoms with Crippen LogP contribution in [0, 0.1) is 11.8 Å². The second-order valence-corrected chi connectivity index (χ2v) is 6.88. The van der Waals surface area contributed by atoms with Crippen molar-refractivity contribution >= 4 is 29.0 Å². The first-order chi connectivity index (χ1) is 9.38. The maximum Gasteiger partial charge on any atom is 0.178 e. The lowest BCUT2D eigenvalue weighted by Gasteiger charge is -2.40. The molecule has 1 saturated heterocycles. The van der Waals surface area contributed by atoms with E-state index < -0.39 is 0 Å². The summed E-state index contributed by atoms with van der Waals surface area (Å²) in [4.78, 5) is 14.7. The van der Waals surface area contributed by atoms with Gasteiger partial charge in [0.1, 0.15) is 0 Å². The Labute approximate surface area is 131 Å². The summed E-state index contributed by atoms with van der Waals surface area (Å²) in [7, 11) is 0. The van der Waals surface area contributed by atoms with Gasteiger partial charge in [-0.05, 0) is 43.4 Å². The Morgan fingerprint density at radius 1 is 1.30 bits per heavy atom. The fraction of sp³-hybridized carbons (Fsp3) is 0.562. The molecule has 1 aliphatic heterocycles. The van der Waals surface area contributed by atoms with E-state index in [-0.39, 0.29) is 5.78 Å². The molecule has 1 aromatic carbocycles. The van der Waals surface area contributed by atoms with Gasteiger partial charge in [0.05, 0.1) is 11.6 Å². The monoisotopic (exact) mass is 313 g/mol. The third-order valence-electron chi connectivity index (χ3n) is 4.30. The Hall–Kier alpha value is -0.570. The lowest BCUT2D eigenvalue weighted by Crippen LogP contribution is -2.47. The van der Waals surface area contributed by atoms with Gasteiger partial charge in [-0.1, -0.05) is 37.0 Å². The molecule has 0 amide bonds. The van der Waals surface area contributed by atoms with E-state index in [0.29, 0.717) is 40.0 Å². The van der Waals surface area contributed by atoms with Gasteiger partial charge in [0.25, 0.3) is 0 Å². The summed E-state index contributed by atoms with van der Waals surface area (Å²) >= 11 is 12.0. The molecule has 0 radical (unpaired) electrons. The molecule has 1 heterocycles. The summed E-state index contributed by atoms with van der Waals surface area (Å²) in [5, 5.41) is 0.994. The van der Waals surface area contributed by atoms with Gasteiger partial charge in [-0.15, -0.1) is 0 Å². The Bertz CT molecular complexity index is 503. The average molecular weight is 314 g/mol. The number of nitrogens with zero attached hydrogens (tertiary/aromatic N) is 1. The molecular formula is C16H21Cl2NO. The summed E-state index contributed by atoms with van der Waals surface area (Å²) in [6.07, 6.45) is 1.23. The highest BCUT2D eigenvalue weighted by atomic mass is 35.5.